The number of fused-ring (bicyclic) bond motifs is 6. The summed E-state index contributed by atoms with van der Waals surface area (Å²) in [7, 11) is 0. The summed E-state index contributed by atoms with van der Waals surface area (Å²) in [6.45, 7) is 1.43. The van der Waals surface area contributed by atoms with Crippen LogP contribution in [0.25, 0.3) is 22.2 Å². The average molecular weight is 588 g/mol. The number of imide groups is 1. The van der Waals surface area contributed by atoms with Gasteiger partial charge in [0.05, 0.1) is 39.2 Å². The number of nitro groups is 1. The number of carbonyl (C=O) groups is 4. The number of hydrogen-bond acceptors (Lipinski definition) is 8. The summed E-state index contributed by atoms with van der Waals surface area (Å²) in [5, 5.41) is 11.6. The highest BCUT2D eigenvalue weighted by Gasteiger charge is 2.60. The number of rotatable bonds is 7. The van der Waals surface area contributed by atoms with Crippen LogP contribution in [0.5, 0.6) is 0 Å². The van der Waals surface area contributed by atoms with E-state index in [4.69, 9.17) is 9.72 Å². The first-order valence-electron chi connectivity index (χ1n) is 14.2. The minimum absolute atomic E-state index is 0.0602. The molecular formula is C34H25N3O7. The SMILES string of the molecule is CC1=CC2CC1C1C(=O)N(c3ccc(-c4cc(C(=O)OCC(=O)c5cccc([N+](=O)[O-])c5)c5ccccc5n4)cc3)C(=O)C21. The van der Waals surface area contributed by atoms with E-state index in [1.165, 1.54) is 28.7 Å². The second kappa shape index (κ2) is 10.3. The molecule has 44 heavy (non-hydrogen) atoms. The molecule has 4 unspecified atom stereocenters. The first-order chi connectivity index (χ1) is 21.2. The molecule has 1 saturated heterocycles. The zero-order valence-electron chi connectivity index (χ0n) is 23.5. The first-order valence-corrected chi connectivity index (χ1v) is 14.2. The number of hydrogen-bond donors (Lipinski definition) is 0. The summed E-state index contributed by atoms with van der Waals surface area (Å²) < 4.78 is 5.35. The van der Waals surface area contributed by atoms with Gasteiger partial charge in [-0.1, -0.05) is 54.1 Å². The number of allylic oxidation sites excluding steroid dienone is 2. The second-order valence-corrected chi connectivity index (χ2v) is 11.4. The van der Waals surface area contributed by atoms with E-state index in [0.717, 1.165) is 12.5 Å². The van der Waals surface area contributed by atoms with Crippen LogP contribution in [-0.4, -0.2) is 40.1 Å². The zero-order valence-corrected chi connectivity index (χ0v) is 23.5. The third-order valence-corrected chi connectivity index (χ3v) is 8.95. The average Bonchev–Trinajstić information content (AvgIpc) is 3.68. The molecule has 4 atom stereocenters. The van der Waals surface area contributed by atoms with E-state index < -0.39 is 23.3 Å². The summed E-state index contributed by atoms with van der Waals surface area (Å²) >= 11 is 0. The molecule has 2 amide bonds. The number of ketones is 1. The largest absolute Gasteiger partial charge is 0.454 e. The van der Waals surface area contributed by atoms with Gasteiger partial charge in [-0.3, -0.25) is 29.4 Å². The van der Waals surface area contributed by atoms with Crippen molar-refractivity contribution in [3.8, 4) is 11.3 Å². The molecule has 1 aromatic heterocycles. The predicted octanol–water partition coefficient (Wildman–Crippen LogP) is 5.55. The molecule has 7 rings (SSSR count). The molecule has 0 N–H and O–H groups in total. The number of pyridine rings is 1. The number of aromatic nitrogens is 1. The second-order valence-electron chi connectivity index (χ2n) is 11.4. The number of nitro benzene ring substituents is 1. The summed E-state index contributed by atoms with van der Waals surface area (Å²) in [6, 6.07) is 20.7. The highest BCUT2D eigenvalue weighted by molar-refractivity contribution is 6.23. The third-order valence-electron chi connectivity index (χ3n) is 8.95. The van der Waals surface area contributed by atoms with E-state index >= 15 is 0 Å². The number of ether oxygens (including phenoxy) is 1. The van der Waals surface area contributed by atoms with Crippen LogP contribution < -0.4 is 4.90 Å². The fourth-order valence-corrected chi connectivity index (χ4v) is 6.89. The topological polar surface area (TPSA) is 137 Å². The fraction of sp³-hybridized carbons (Fsp3) is 0.206. The lowest BCUT2D eigenvalue weighted by atomic mass is 9.82. The Hall–Kier alpha value is -5.51. The molecule has 2 aliphatic carbocycles. The van der Waals surface area contributed by atoms with Gasteiger partial charge < -0.3 is 4.74 Å². The highest BCUT2D eigenvalue weighted by atomic mass is 16.6. The Bertz CT molecular complexity index is 1950. The standard InChI is InChI=1S/C34H25N3O7/c1-18-13-21-15-25(18)31-30(21)32(39)36(33(31)40)22-11-9-19(10-12-22)28-16-26(24-7-2-3-8-27(24)35-28)34(41)44-17-29(38)20-5-4-6-23(14-20)37(42)43/h2-14,16,21,25,30-31H,15,17H2,1H3. The molecule has 3 aromatic carbocycles. The lowest BCUT2D eigenvalue weighted by Crippen LogP contribution is -2.32. The van der Waals surface area contributed by atoms with E-state index in [2.05, 4.69) is 6.08 Å². The summed E-state index contributed by atoms with van der Waals surface area (Å²) in [5.74, 6) is -1.98. The summed E-state index contributed by atoms with van der Waals surface area (Å²) in [5.41, 5.74) is 3.34. The van der Waals surface area contributed by atoms with Gasteiger partial charge in [0.2, 0.25) is 17.6 Å². The quantitative estimate of drug-likeness (QED) is 0.0685. The Morgan fingerprint density at radius 3 is 2.50 bits per heavy atom. The van der Waals surface area contributed by atoms with Gasteiger partial charge in [0, 0.05) is 28.6 Å². The smallest absolute Gasteiger partial charge is 0.339 e. The molecule has 10 nitrogen and oxygen atoms in total. The Morgan fingerprint density at radius 2 is 1.73 bits per heavy atom. The number of non-ortho nitro benzene ring substituents is 1. The predicted molar refractivity (Wildman–Crippen MR) is 160 cm³/mol. The number of amides is 2. The molecule has 3 aliphatic rings. The lowest BCUT2D eigenvalue weighted by molar-refractivity contribution is -0.384. The Morgan fingerprint density at radius 1 is 0.977 bits per heavy atom. The van der Waals surface area contributed by atoms with Gasteiger partial charge in [-0.05, 0) is 49.4 Å². The number of esters is 1. The van der Waals surface area contributed by atoms with Crippen LogP contribution in [-0.2, 0) is 14.3 Å². The molecule has 0 spiro atoms. The molecule has 218 valence electrons. The molecule has 2 fully saturated rings. The van der Waals surface area contributed by atoms with Gasteiger partial charge >= 0.3 is 5.97 Å². The van der Waals surface area contributed by atoms with E-state index in [0.29, 0.717) is 27.8 Å². The van der Waals surface area contributed by atoms with Gasteiger partial charge in [-0.15, -0.1) is 0 Å². The number of benzene rings is 3. The van der Waals surface area contributed by atoms with E-state index in [-0.39, 0.29) is 52.3 Å². The molecule has 10 heteroatoms. The molecule has 0 radical (unpaired) electrons. The summed E-state index contributed by atoms with van der Waals surface area (Å²) in [4.78, 5) is 69.0. The van der Waals surface area contributed by atoms with Gasteiger partial charge in [-0.25, -0.2) is 9.78 Å². The Balaban J connectivity index is 1.13. The van der Waals surface area contributed by atoms with Crippen molar-refractivity contribution in [1.29, 1.82) is 0 Å². The van der Waals surface area contributed by atoms with Crippen molar-refractivity contribution < 1.29 is 28.8 Å². The Labute approximate surface area is 251 Å². The monoisotopic (exact) mass is 587 g/mol. The van der Waals surface area contributed by atoms with E-state index in [9.17, 15) is 29.3 Å². The highest BCUT2D eigenvalue weighted by Crippen LogP contribution is 2.56. The number of Topliss-reactive ketones (excluding diaryl/α,β-unsaturated/α-hetero) is 1. The molecule has 2 bridgehead atoms. The van der Waals surface area contributed by atoms with Crippen molar-refractivity contribution in [1.82, 2.24) is 4.98 Å². The number of nitrogens with zero attached hydrogens (tertiary/aromatic N) is 3. The van der Waals surface area contributed by atoms with Crippen LogP contribution in [0.3, 0.4) is 0 Å². The van der Waals surface area contributed by atoms with Crippen LogP contribution in [0, 0.1) is 33.8 Å². The van der Waals surface area contributed by atoms with Crippen LogP contribution in [0.15, 0.2) is 90.5 Å². The van der Waals surface area contributed by atoms with Crippen molar-refractivity contribution in [2.24, 2.45) is 23.7 Å². The number of anilines is 1. The normalized spacial score (nSPS) is 21.8. The maximum absolute atomic E-state index is 13.4. The lowest BCUT2D eigenvalue weighted by Gasteiger charge is -2.19. The zero-order chi connectivity index (χ0) is 30.7. The van der Waals surface area contributed by atoms with Crippen molar-refractivity contribution in [3.63, 3.8) is 0 Å². The first kappa shape index (κ1) is 27.3. The van der Waals surface area contributed by atoms with Gasteiger partial charge in [0.25, 0.3) is 5.69 Å². The van der Waals surface area contributed by atoms with Crippen LogP contribution in [0.1, 0.15) is 34.1 Å². The minimum Gasteiger partial charge on any atom is -0.454 e. The fourth-order valence-electron chi connectivity index (χ4n) is 6.89. The van der Waals surface area contributed by atoms with Crippen molar-refractivity contribution in [2.75, 3.05) is 11.5 Å². The summed E-state index contributed by atoms with van der Waals surface area (Å²) in [6.07, 6.45) is 3.01. The van der Waals surface area contributed by atoms with Crippen LogP contribution in [0.2, 0.25) is 0 Å². The maximum Gasteiger partial charge on any atom is 0.339 e. The van der Waals surface area contributed by atoms with Crippen molar-refractivity contribution in [3.05, 3.63) is 112 Å². The van der Waals surface area contributed by atoms with E-state index in [1.807, 2.05) is 6.92 Å². The molecular weight excluding hydrogens is 562 g/mol. The number of carbonyl (C=O) groups excluding carboxylic acids is 4. The van der Waals surface area contributed by atoms with Crippen molar-refractivity contribution in [2.45, 2.75) is 13.3 Å². The molecule has 2 heterocycles. The number of para-hydroxylation sites is 1. The Kier molecular flexibility index (Phi) is 6.42. The van der Waals surface area contributed by atoms with Crippen LogP contribution in [0.4, 0.5) is 11.4 Å². The maximum atomic E-state index is 13.4. The van der Waals surface area contributed by atoms with Gasteiger partial charge in [-0.2, -0.15) is 0 Å². The van der Waals surface area contributed by atoms with Crippen molar-refractivity contribution >= 4 is 45.8 Å². The van der Waals surface area contributed by atoms with Crippen LogP contribution >= 0.6 is 0 Å². The van der Waals surface area contributed by atoms with Gasteiger partial charge in [0.1, 0.15) is 0 Å². The molecule has 4 aromatic rings. The molecule has 1 aliphatic heterocycles. The van der Waals surface area contributed by atoms with Gasteiger partial charge in [0.15, 0.2) is 6.61 Å². The minimum atomic E-state index is -0.751. The van der Waals surface area contributed by atoms with E-state index in [1.54, 1.807) is 54.6 Å². The third kappa shape index (κ3) is 4.38. The molecule has 1 saturated carbocycles.